The lowest BCUT2D eigenvalue weighted by Crippen LogP contribution is -2.59. The Morgan fingerprint density at radius 2 is 1.91 bits per heavy atom. The first kappa shape index (κ1) is 21.7. The number of fused-ring (bicyclic) bond motifs is 1. The van der Waals surface area contributed by atoms with Crippen molar-refractivity contribution in [2.24, 2.45) is 12.8 Å². The Labute approximate surface area is 176 Å². The van der Waals surface area contributed by atoms with Gasteiger partial charge < -0.3 is 15.5 Å². The van der Waals surface area contributed by atoms with Gasteiger partial charge in [0.1, 0.15) is 17.4 Å². The van der Waals surface area contributed by atoms with Crippen molar-refractivity contribution < 1.29 is 31.1 Å². The second kappa shape index (κ2) is 7.27. The van der Waals surface area contributed by atoms with E-state index in [0.717, 1.165) is 26.9 Å². The van der Waals surface area contributed by atoms with Crippen molar-refractivity contribution in [3.8, 4) is 0 Å². The van der Waals surface area contributed by atoms with Gasteiger partial charge in [-0.3, -0.25) is 9.48 Å². The van der Waals surface area contributed by atoms with Gasteiger partial charge in [-0.2, -0.15) is 36.5 Å². The van der Waals surface area contributed by atoms with Crippen molar-refractivity contribution in [2.45, 2.75) is 18.4 Å². The van der Waals surface area contributed by atoms with Gasteiger partial charge in [0, 0.05) is 39.1 Å². The zero-order valence-corrected chi connectivity index (χ0v) is 16.4. The molecule has 1 amide bonds. The first-order valence-corrected chi connectivity index (χ1v) is 9.19. The number of nitrogens with two attached hydrogens (primary N) is 1. The number of amides is 1. The molecule has 0 spiro atoms. The third-order valence-electron chi connectivity index (χ3n) is 5.09. The van der Waals surface area contributed by atoms with E-state index in [9.17, 15) is 31.1 Å². The van der Waals surface area contributed by atoms with E-state index in [4.69, 9.17) is 5.73 Å². The van der Waals surface area contributed by atoms with Crippen molar-refractivity contribution in [1.29, 1.82) is 0 Å². The Morgan fingerprint density at radius 3 is 2.53 bits per heavy atom. The van der Waals surface area contributed by atoms with Gasteiger partial charge in [-0.15, -0.1) is 0 Å². The summed E-state index contributed by atoms with van der Waals surface area (Å²) in [6.45, 7) is -1.19. The molecule has 0 radical (unpaired) electrons. The summed E-state index contributed by atoms with van der Waals surface area (Å²) in [5.41, 5.74) is 3.48. The average Bonchev–Trinajstić information content (AvgIpc) is 3.29. The number of hydrogen-bond donors (Lipinski definition) is 1. The number of anilines is 2. The molecule has 32 heavy (non-hydrogen) atoms. The number of piperazine rings is 1. The topological polar surface area (TPSA) is 97.6 Å². The first-order valence-electron chi connectivity index (χ1n) is 9.19. The van der Waals surface area contributed by atoms with E-state index < -0.39 is 42.2 Å². The smallest absolute Gasteiger partial charge is 0.365 e. The van der Waals surface area contributed by atoms with Gasteiger partial charge in [-0.05, 0) is 6.07 Å². The fourth-order valence-corrected chi connectivity index (χ4v) is 3.66. The predicted molar refractivity (Wildman–Crippen MR) is 99.1 cm³/mol. The van der Waals surface area contributed by atoms with Gasteiger partial charge >= 0.3 is 12.4 Å². The Morgan fingerprint density at radius 1 is 1.19 bits per heavy atom. The maximum absolute atomic E-state index is 13.9. The van der Waals surface area contributed by atoms with Crippen molar-refractivity contribution in [3.05, 3.63) is 35.9 Å². The van der Waals surface area contributed by atoms with Gasteiger partial charge in [0.05, 0.1) is 11.9 Å². The summed E-state index contributed by atoms with van der Waals surface area (Å²) in [5.74, 6) is -0.956. The van der Waals surface area contributed by atoms with Crippen LogP contribution in [0.4, 0.5) is 37.8 Å². The number of carbonyl (C=O) groups is 1. The summed E-state index contributed by atoms with van der Waals surface area (Å²) in [6, 6.07) is -0.878. The number of hydrogen-bond acceptors (Lipinski definition) is 6. The monoisotopic (exact) mass is 462 g/mol. The highest BCUT2D eigenvalue weighted by Gasteiger charge is 2.49. The minimum Gasteiger partial charge on any atom is -0.365 e. The lowest BCUT2D eigenvalue weighted by Gasteiger charge is -2.43. The van der Waals surface area contributed by atoms with Crippen LogP contribution in [0.5, 0.6) is 0 Å². The number of nitrogens with zero attached hydrogens (tertiary/aromatic N) is 7. The predicted octanol–water partition coefficient (Wildman–Crippen LogP) is 1.84. The maximum atomic E-state index is 13.9. The van der Waals surface area contributed by atoms with E-state index in [2.05, 4.69) is 15.2 Å². The quantitative estimate of drug-likeness (QED) is 0.597. The van der Waals surface area contributed by atoms with Crippen LogP contribution >= 0.6 is 0 Å². The fourth-order valence-electron chi connectivity index (χ4n) is 3.66. The molecule has 0 saturated carbocycles. The molecule has 9 nitrogen and oxygen atoms in total. The lowest BCUT2D eigenvalue weighted by atomic mass is 10.1. The molecule has 1 aliphatic rings. The van der Waals surface area contributed by atoms with Crippen molar-refractivity contribution >= 4 is 23.1 Å². The van der Waals surface area contributed by atoms with E-state index in [1.807, 2.05) is 0 Å². The Kier molecular flexibility index (Phi) is 4.93. The molecule has 4 rings (SSSR count). The zero-order valence-electron chi connectivity index (χ0n) is 16.4. The molecule has 0 aromatic carbocycles. The Balaban J connectivity index is 1.71. The number of carbonyl (C=O) groups excluding carboxylic acids is 1. The van der Waals surface area contributed by atoms with Crippen LogP contribution in [0.3, 0.4) is 0 Å². The van der Waals surface area contributed by atoms with Crippen LogP contribution in [-0.2, 0) is 13.2 Å². The third-order valence-corrected chi connectivity index (χ3v) is 5.09. The number of rotatable bonds is 3. The van der Waals surface area contributed by atoms with E-state index in [0.29, 0.717) is 0 Å². The highest BCUT2D eigenvalue weighted by atomic mass is 19.4. The normalized spacial score (nSPS) is 17.9. The van der Waals surface area contributed by atoms with E-state index >= 15 is 0 Å². The first-order chi connectivity index (χ1) is 14.9. The number of alkyl halides is 6. The van der Waals surface area contributed by atoms with Gasteiger partial charge in [0.15, 0.2) is 11.3 Å². The Bertz CT molecular complexity index is 1170. The number of aromatic nitrogens is 5. The highest BCUT2D eigenvalue weighted by molar-refractivity contribution is 5.98. The minimum atomic E-state index is -4.82. The van der Waals surface area contributed by atoms with Crippen LogP contribution in [0.25, 0.3) is 5.65 Å². The average molecular weight is 462 g/mol. The molecule has 0 bridgehead atoms. The van der Waals surface area contributed by atoms with Gasteiger partial charge in [-0.1, -0.05) is 0 Å². The maximum Gasteiger partial charge on any atom is 0.437 e. The molecule has 3 aromatic heterocycles. The SMILES string of the molecule is Cn1cc(N2CCN(c3ccn4ncc(C(N)=O)c4n3)C(C(F)(F)F)C2)c(C(F)(F)F)n1. The molecule has 2 N–H and O–H groups in total. The molecule has 1 fully saturated rings. The molecular weight excluding hydrogens is 446 g/mol. The molecule has 0 aliphatic carbocycles. The zero-order chi connectivity index (χ0) is 23.4. The summed E-state index contributed by atoms with van der Waals surface area (Å²) in [7, 11) is 1.26. The molecular formula is C17H16F6N8O. The number of primary amides is 1. The molecule has 4 heterocycles. The standard InChI is InChI=1S/C17H16F6N8O/c1-28-7-10(13(27-28)17(21,22)23)29-4-5-30(11(8-29)16(18,19)20)12-2-3-31-15(26-12)9(6-25-31)14(24)32/h2-3,6-7,11H,4-5,8H2,1H3,(H2,24,32). The van der Waals surface area contributed by atoms with Gasteiger partial charge in [0.25, 0.3) is 5.91 Å². The summed E-state index contributed by atoms with van der Waals surface area (Å²) >= 11 is 0. The lowest BCUT2D eigenvalue weighted by molar-refractivity contribution is -0.148. The van der Waals surface area contributed by atoms with Crippen LogP contribution < -0.4 is 15.5 Å². The number of aryl methyl sites for hydroxylation is 1. The molecule has 1 atom stereocenters. The van der Waals surface area contributed by atoms with E-state index in [1.54, 1.807) is 0 Å². The van der Waals surface area contributed by atoms with Gasteiger partial charge in [0.2, 0.25) is 0 Å². The molecule has 172 valence electrons. The van der Waals surface area contributed by atoms with E-state index in [1.165, 1.54) is 23.8 Å². The molecule has 1 unspecified atom stereocenters. The minimum absolute atomic E-state index is 0.0232. The van der Waals surface area contributed by atoms with Gasteiger partial charge in [-0.25, -0.2) is 9.50 Å². The number of halogens is 6. The summed E-state index contributed by atoms with van der Waals surface area (Å²) < 4.78 is 83.9. The Hall–Kier alpha value is -3.52. The van der Waals surface area contributed by atoms with Crippen LogP contribution in [0.2, 0.25) is 0 Å². The van der Waals surface area contributed by atoms with Crippen LogP contribution in [0, 0.1) is 0 Å². The largest absolute Gasteiger partial charge is 0.437 e. The second-order valence-corrected chi connectivity index (χ2v) is 7.21. The second-order valence-electron chi connectivity index (χ2n) is 7.21. The molecule has 1 aliphatic heterocycles. The van der Waals surface area contributed by atoms with Crippen molar-refractivity contribution in [1.82, 2.24) is 24.4 Å². The molecule has 15 heteroatoms. The fraction of sp³-hybridized carbons (Fsp3) is 0.412. The summed E-state index contributed by atoms with van der Waals surface area (Å²) in [5, 5.41) is 7.23. The van der Waals surface area contributed by atoms with E-state index in [-0.39, 0.29) is 30.1 Å². The summed E-state index contributed by atoms with van der Waals surface area (Å²) in [6.07, 6.45) is -6.08. The van der Waals surface area contributed by atoms with Crippen LogP contribution in [0.1, 0.15) is 16.1 Å². The summed E-state index contributed by atoms with van der Waals surface area (Å²) in [4.78, 5) is 17.6. The third kappa shape index (κ3) is 3.78. The van der Waals surface area contributed by atoms with Crippen molar-refractivity contribution in [2.75, 3.05) is 29.4 Å². The molecule has 1 saturated heterocycles. The highest BCUT2D eigenvalue weighted by Crippen LogP contribution is 2.38. The van der Waals surface area contributed by atoms with Crippen LogP contribution in [0.15, 0.2) is 24.7 Å². The van der Waals surface area contributed by atoms with Crippen LogP contribution in [-0.4, -0.2) is 62.1 Å². The molecule has 3 aromatic rings. The van der Waals surface area contributed by atoms with Crippen molar-refractivity contribution in [3.63, 3.8) is 0 Å².